The van der Waals surface area contributed by atoms with Crippen LogP contribution in [-0.4, -0.2) is 42.5 Å². The molecule has 3 rings (SSSR count). The van der Waals surface area contributed by atoms with Crippen LogP contribution in [0.15, 0.2) is 54.6 Å². The van der Waals surface area contributed by atoms with Crippen LogP contribution in [0.5, 0.6) is 5.75 Å². The number of nitriles is 1. The number of nitrogens with zero attached hydrogens (tertiary/aromatic N) is 2. The highest BCUT2D eigenvalue weighted by atomic mass is 16.5. The first kappa shape index (κ1) is 18.5. The summed E-state index contributed by atoms with van der Waals surface area (Å²) in [5, 5.41) is 11.8. The number of piperidine rings is 1. The summed E-state index contributed by atoms with van der Waals surface area (Å²) in [5.41, 5.74) is 1.19. The highest BCUT2D eigenvalue weighted by Crippen LogP contribution is 2.14. The first-order chi connectivity index (χ1) is 13.2. The molecule has 0 radical (unpaired) electrons. The van der Waals surface area contributed by atoms with Crippen molar-refractivity contribution in [3.63, 3.8) is 0 Å². The van der Waals surface area contributed by atoms with Crippen molar-refractivity contribution < 1.29 is 14.3 Å². The topological polar surface area (TPSA) is 82.4 Å². The number of ether oxygens (including phenoxy) is 1. The lowest BCUT2D eigenvalue weighted by molar-refractivity contribution is -0.134. The Labute approximate surface area is 158 Å². The van der Waals surface area contributed by atoms with Crippen LogP contribution >= 0.6 is 0 Å². The van der Waals surface area contributed by atoms with Crippen molar-refractivity contribution in [3.05, 3.63) is 65.7 Å². The normalized spacial score (nSPS) is 14.3. The third-order valence-electron chi connectivity index (χ3n) is 4.56. The number of benzene rings is 2. The van der Waals surface area contributed by atoms with E-state index in [-0.39, 0.29) is 24.5 Å². The van der Waals surface area contributed by atoms with Gasteiger partial charge < -0.3 is 15.0 Å². The van der Waals surface area contributed by atoms with E-state index in [0.29, 0.717) is 30.0 Å². The van der Waals surface area contributed by atoms with Gasteiger partial charge in [0.1, 0.15) is 5.75 Å². The van der Waals surface area contributed by atoms with Crippen LogP contribution in [0.25, 0.3) is 0 Å². The lowest BCUT2D eigenvalue weighted by Gasteiger charge is -2.32. The SMILES string of the molecule is N#Cc1ccc(OCC(=O)N2CCC(NC(=O)c3ccccc3)CC2)cc1. The molecule has 2 aromatic carbocycles. The average Bonchev–Trinajstić information content (AvgIpc) is 2.73. The average molecular weight is 363 g/mol. The van der Waals surface area contributed by atoms with Gasteiger partial charge in [-0.3, -0.25) is 9.59 Å². The highest BCUT2D eigenvalue weighted by Gasteiger charge is 2.24. The van der Waals surface area contributed by atoms with Gasteiger partial charge in [-0.05, 0) is 49.2 Å². The number of carbonyl (C=O) groups excluding carboxylic acids is 2. The minimum atomic E-state index is -0.0791. The maximum atomic E-state index is 12.3. The molecule has 1 saturated heterocycles. The summed E-state index contributed by atoms with van der Waals surface area (Å²) >= 11 is 0. The second-order valence-corrected chi connectivity index (χ2v) is 6.42. The molecule has 2 aromatic rings. The minimum absolute atomic E-state index is 0.0348. The number of likely N-dealkylation sites (tertiary alicyclic amines) is 1. The van der Waals surface area contributed by atoms with E-state index in [1.165, 1.54) is 0 Å². The Bertz CT molecular complexity index is 820. The summed E-state index contributed by atoms with van der Waals surface area (Å²) in [7, 11) is 0. The van der Waals surface area contributed by atoms with Crippen molar-refractivity contribution in [2.75, 3.05) is 19.7 Å². The number of rotatable bonds is 5. The standard InChI is InChI=1S/C21H21N3O3/c22-14-16-6-8-19(9-7-16)27-15-20(25)24-12-10-18(11-13-24)23-21(26)17-4-2-1-3-5-17/h1-9,18H,10-13,15H2,(H,23,26). The van der Waals surface area contributed by atoms with Crippen molar-refractivity contribution in [1.29, 1.82) is 5.26 Å². The summed E-state index contributed by atoms with van der Waals surface area (Å²) in [6.45, 7) is 1.15. The third kappa shape index (κ3) is 5.08. The largest absolute Gasteiger partial charge is 0.484 e. The molecule has 1 aliphatic rings. The van der Waals surface area contributed by atoms with E-state index in [2.05, 4.69) is 5.32 Å². The van der Waals surface area contributed by atoms with Gasteiger partial charge in [0, 0.05) is 24.7 Å². The van der Waals surface area contributed by atoms with E-state index in [0.717, 1.165) is 12.8 Å². The number of amides is 2. The molecular formula is C21H21N3O3. The number of hydrogen-bond acceptors (Lipinski definition) is 4. The van der Waals surface area contributed by atoms with Crippen LogP contribution in [0.4, 0.5) is 0 Å². The van der Waals surface area contributed by atoms with Crippen LogP contribution < -0.4 is 10.1 Å². The summed E-state index contributed by atoms with van der Waals surface area (Å²) in [6, 6.07) is 17.9. The lowest BCUT2D eigenvalue weighted by Crippen LogP contribution is -2.47. The van der Waals surface area contributed by atoms with Gasteiger partial charge in [-0.1, -0.05) is 18.2 Å². The molecule has 2 amide bonds. The second kappa shape index (κ2) is 8.86. The van der Waals surface area contributed by atoms with E-state index >= 15 is 0 Å². The molecule has 0 bridgehead atoms. The predicted octanol–water partition coefficient (Wildman–Crippen LogP) is 2.36. The highest BCUT2D eigenvalue weighted by molar-refractivity contribution is 5.94. The van der Waals surface area contributed by atoms with Crippen molar-refractivity contribution in [3.8, 4) is 11.8 Å². The molecule has 138 valence electrons. The van der Waals surface area contributed by atoms with Crippen molar-refractivity contribution in [2.45, 2.75) is 18.9 Å². The zero-order valence-electron chi connectivity index (χ0n) is 14.9. The molecule has 0 spiro atoms. The van der Waals surface area contributed by atoms with Gasteiger partial charge in [0.2, 0.25) is 0 Å². The molecule has 0 saturated carbocycles. The molecule has 0 atom stereocenters. The molecule has 27 heavy (non-hydrogen) atoms. The van der Waals surface area contributed by atoms with Crippen molar-refractivity contribution >= 4 is 11.8 Å². The van der Waals surface area contributed by atoms with E-state index in [1.807, 2.05) is 24.3 Å². The Kier molecular flexibility index (Phi) is 6.06. The Hall–Kier alpha value is -3.33. The van der Waals surface area contributed by atoms with Gasteiger partial charge in [-0.15, -0.1) is 0 Å². The van der Waals surface area contributed by atoms with E-state index in [9.17, 15) is 9.59 Å². The maximum absolute atomic E-state index is 12.3. The fraction of sp³-hybridized carbons (Fsp3) is 0.286. The maximum Gasteiger partial charge on any atom is 0.260 e. The first-order valence-corrected chi connectivity index (χ1v) is 8.92. The molecule has 6 nitrogen and oxygen atoms in total. The summed E-state index contributed by atoms with van der Waals surface area (Å²) in [6.07, 6.45) is 1.45. The summed E-state index contributed by atoms with van der Waals surface area (Å²) in [4.78, 5) is 26.3. The van der Waals surface area contributed by atoms with Gasteiger partial charge in [0.05, 0.1) is 11.6 Å². The molecule has 6 heteroatoms. The number of hydrogen-bond donors (Lipinski definition) is 1. The zero-order chi connectivity index (χ0) is 19.1. The molecule has 1 aliphatic heterocycles. The van der Waals surface area contributed by atoms with Gasteiger partial charge in [0.25, 0.3) is 11.8 Å². The van der Waals surface area contributed by atoms with Crippen molar-refractivity contribution in [2.24, 2.45) is 0 Å². The van der Waals surface area contributed by atoms with Gasteiger partial charge in [-0.25, -0.2) is 0 Å². The van der Waals surface area contributed by atoms with Crippen LogP contribution in [0.3, 0.4) is 0 Å². The smallest absolute Gasteiger partial charge is 0.260 e. The summed E-state index contributed by atoms with van der Waals surface area (Å²) < 4.78 is 5.50. The fourth-order valence-corrected chi connectivity index (χ4v) is 2.99. The molecule has 1 N–H and O–H groups in total. The second-order valence-electron chi connectivity index (χ2n) is 6.42. The van der Waals surface area contributed by atoms with Crippen LogP contribution in [-0.2, 0) is 4.79 Å². The number of carbonyl (C=O) groups is 2. The van der Waals surface area contributed by atoms with Crippen LogP contribution in [0.2, 0.25) is 0 Å². The zero-order valence-corrected chi connectivity index (χ0v) is 14.9. The van der Waals surface area contributed by atoms with Gasteiger partial charge >= 0.3 is 0 Å². The van der Waals surface area contributed by atoms with E-state index in [1.54, 1.807) is 41.3 Å². The Morgan fingerprint density at radius 3 is 2.37 bits per heavy atom. The molecule has 0 aliphatic carbocycles. The first-order valence-electron chi connectivity index (χ1n) is 8.92. The lowest BCUT2D eigenvalue weighted by atomic mass is 10.0. The van der Waals surface area contributed by atoms with Gasteiger partial charge in [0.15, 0.2) is 6.61 Å². The predicted molar refractivity (Wildman–Crippen MR) is 100 cm³/mol. The van der Waals surface area contributed by atoms with Crippen LogP contribution in [0.1, 0.15) is 28.8 Å². The monoisotopic (exact) mass is 363 g/mol. The van der Waals surface area contributed by atoms with E-state index in [4.69, 9.17) is 10.00 Å². The molecule has 0 unspecified atom stereocenters. The quantitative estimate of drug-likeness (QED) is 0.884. The molecule has 0 aromatic heterocycles. The Morgan fingerprint density at radius 1 is 1.07 bits per heavy atom. The molecule has 1 fully saturated rings. The molecular weight excluding hydrogens is 342 g/mol. The van der Waals surface area contributed by atoms with E-state index < -0.39 is 0 Å². The van der Waals surface area contributed by atoms with Gasteiger partial charge in [-0.2, -0.15) is 5.26 Å². The summed E-state index contributed by atoms with van der Waals surface area (Å²) in [5.74, 6) is 0.407. The Balaban J connectivity index is 1.42. The minimum Gasteiger partial charge on any atom is -0.484 e. The molecule has 1 heterocycles. The van der Waals surface area contributed by atoms with Crippen molar-refractivity contribution in [1.82, 2.24) is 10.2 Å². The Morgan fingerprint density at radius 2 is 1.74 bits per heavy atom. The van der Waals surface area contributed by atoms with Crippen LogP contribution in [0, 0.1) is 11.3 Å². The fourth-order valence-electron chi connectivity index (χ4n) is 2.99. The number of nitrogens with one attached hydrogen (secondary N) is 1. The third-order valence-corrected chi connectivity index (χ3v) is 4.56.